The number of rotatable bonds is 6. The zero-order valence-corrected chi connectivity index (χ0v) is 14.2. The molecular formula is C20H24F2N2O. The molecule has 0 spiro atoms. The van der Waals surface area contributed by atoms with Crippen LogP contribution in [0.2, 0.25) is 0 Å². The Kier molecular flexibility index (Phi) is 6.13. The van der Waals surface area contributed by atoms with Gasteiger partial charge < -0.3 is 10.4 Å². The van der Waals surface area contributed by atoms with Gasteiger partial charge in [0.25, 0.3) is 0 Å². The van der Waals surface area contributed by atoms with E-state index in [0.717, 1.165) is 50.2 Å². The van der Waals surface area contributed by atoms with Crippen molar-refractivity contribution in [1.29, 1.82) is 0 Å². The lowest BCUT2D eigenvalue weighted by atomic mass is 10.1. The lowest BCUT2D eigenvalue weighted by Crippen LogP contribution is -2.35. The minimum absolute atomic E-state index is 0.146. The number of hydrogen-bond donors (Lipinski definition) is 2. The van der Waals surface area contributed by atoms with E-state index in [1.807, 2.05) is 0 Å². The van der Waals surface area contributed by atoms with Crippen LogP contribution in [-0.2, 0) is 19.6 Å². The summed E-state index contributed by atoms with van der Waals surface area (Å²) in [5.41, 5.74) is 2.69. The lowest BCUT2D eigenvalue weighted by Gasteiger charge is -2.29. The molecule has 1 heterocycles. The fraction of sp³-hybridized carbons (Fsp3) is 0.400. The molecule has 2 aromatic carbocycles. The third kappa shape index (κ3) is 5.33. The van der Waals surface area contributed by atoms with Crippen molar-refractivity contribution >= 4 is 0 Å². The Bertz CT molecular complexity index is 683. The molecule has 5 heteroatoms. The number of halogens is 2. The van der Waals surface area contributed by atoms with E-state index in [9.17, 15) is 13.9 Å². The van der Waals surface area contributed by atoms with E-state index in [1.54, 1.807) is 0 Å². The minimum atomic E-state index is -0.423. The summed E-state index contributed by atoms with van der Waals surface area (Å²) in [4.78, 5) is 2.35. The normalized spacial score (nSPS) is 16.3. The van der Waals surface area contributed by atoms with Gasteiger partial charge in [-0.1, -0.05) is 24.3 Å². The smallest absolute Gasteiger partial charge is 0.127 e. The topological polar surface area (TPSA) is 35.5 Å². The second-order valence-electron chi connectivity index (χ2n) is 6.66. The van der Waals surface area contributed by atoms with Crippen LogP contribution in [0.15, 0.2) is 42.5 Å². The molecule has 2 aromatic rings. The first-order valence-electron chi connectivity index (χ1n) is 8.73. The fourth-order valence-corrected chi connectivity index (χ4v) is 3.12. The minimum Gasteiger partial charge on any atom is -0.393 e. The number of nitrogens with one attached hydrogen (secondary N) is 1. The SMILES string of the molecule is OC1CCN(Cc2ccc(CNCc3cc(F)ccc3F)cc2)CC1. The predicted octanol–water partition coefficient (Wildman–Crippen LogP) is 3.21. The average Bonchev–Trinajstić information content (AvgIpc) is 2.61. The highest BCUT2D eigenvalue weighted by atomic mass is 19.1. The number of piperidine rings is 1. The zero-order valence-electron chi connectivity index (χ0n) is 14.2. The van der Waals surface area contributed by atoms with Crippen molar-refractivity contribution in [3.8, 4) is 0 Å². The van der Waals surface area contributed by atoms with Crippen LogP contribution in [0.1, 0.15) is 29.5 Å². The zero-order chi connectivity index (χ0) is 17.6. The molecule has 0 aromatic heterocycles. The molecule has 2 N–H and O–H groups in total. The van der Waals surface area contributed by atoms with E-state index in [1.165, 1.54) is 11.6 Å². The summed E-state index contributed by atoms with van der Waals surface area (Å²) in [5, 5.41) is 12.7. The monoisotopic (exact) mass is 346 g/mol. The molecule has 1 aliphatic heterocycles. The Labute approximate surface area is 147 Å². The second kappa shape index (κ2) is 8.52. The van der Waals surface area contributed by atoms with Gasteiger partial charge in [0.15, 0.2) is 0 Å². The van der Waals surface area contributed by atoms with Crippen LogP contribution in [0.5, 0.6) is 0 Å². The number of nitrogens with zero attached hydrogens (tertiary/aromatic N) is 1. The highest BCUT2D eigenvalue weighted by molar-refractivity contribution is 5.23. The number of aliphatic hydroxyl groups excluding tert-OH is 1. The standard InChI is InChI=1S/C20H24F2N2O/c21-18-5-6-20(22)17(11-18)13-23-12-15-1-3-16(4-2-15)14-24-9-7-19(25)8-10-24/h1-6,11,19,23,25H,7-10,12-14H2. The molecule has 1 fully saturated rings. The van der Waals surface area contributed by atoms with Crippen molar-refractivity contribution in [2.45, 2.75) is 38.6 Å². The Morgan fingerprint density at radius 1 is 0.960 bits per heavy atom. The van der Waals surface area contributed by atoms with Gasteiger partial charge in [-0.2, -0.15) is 0 Å². The summed E-state index contributed by atoms with van der Waals surface area (Å²) in [7, 11) is 0. The van der Waals surface area contributed by atoms with Crippen LogP contribution in [-0.4, -0.2) is 29.2 Å². The van der Waals surface area contributed by atoms with E-state index in [-0.39, 0.29) is 6.10 Å². The number of aliphatic hydroxyl groups is 1. The van der Waals surface area contributed by atoms with E-state index in [0.29, 0.717) is 18.7 Å². The van der Waals surface area contributed by atoms with E-state index < -0.39 is 11.6 Å². The third-order valence-electron chi connectivity index (χ3n) is 4.64. The van der Waals surface area contributed by atoms with Crippen molar-refractivity contribution < 1.29 is 13.9 Å². The van der Waals surface area contributed by atoms with Crippen LogP contribution < -0.4 is 5.32 Å². The number of hydrogen-bond acceptors (Lipinski definition) is 3. The molecule has 134 valence electrons. The van der Waals surface area contributed by atoms with Crippen LogP contribution in [0.3, 0.4) is 0 Å². The van der Waals surface area contributed by atoms with Gasteiger partial charge in [0.1, 0.15) is 11.6 Å². The second-order valence-corrected chi connectivity index (χ2v) is 6.66. The van der Waals surface area contributed by atoms with Crippen molar-refractivity contribution in [1.82, 2.24) is 10.2 Å². The van der Waals surface area contributed by atoms with Crippen LogP contribution in [0.4, 0.5) is 8.78 Å². The van der Waals surface area contributed by atoms with E-state index in [4.69, 9.17) is 0 Å². The molecule has 0 amide bonds. The molecule has 3 nitrogen and oxygen atoms in total. The summed E-state index contributed by atoms with van der Waals surface area (Å²) in [5.74, 6) is -0.816. The van der Waals surface area contributed by atoms with Crippen molar-refractivity contribution in [2.75, 3.05) is 13.1 Å². The van der Waals surface area contributed by atoms with Gasteiger partial charge in [-0.15, -0.1) is 0 Å². The average molecular weight is 346 g/mol. The summed E-state index contributed by atoms with van der Waals surface area (Å²) >= 11 is 0. The van der Waals surface area contributed by atoms with Crippen molar-refractivity contribution in [3.63, 3.8) is 0 Å². The fourth-order valence-electron chi connectivity index (χ4n) is 3.12. The maximum Gasteiger partial charge on any atom is 0.127 e. The van der Waals surface area contributed by atoms with E-state index >= 15 is 0 Å². The maximum atomic E-state index is 13.6. The Balaban J connectivity index is 1.47. The highest BCUT2D eigenvalue weighted by Crippen LogP contribution is 2.14. The first-order valence-corrected chi connectivity index (χ1v) is 8.73. The maximum absolute atomic E-state index is 13.6. The summed E-state index contributed by atoms with van der Waals surface area (Å²) in [6.07, 6.45) is 1.55. The molecule has 3 rings (SSSR count). The quantitative estimate of drug-likeness (QED) is 0.843. The molecule has 25 heavy (non-hydrogen) atoms. The van der Waals surface area contributed by atoms with Gasteiger partial charge >= 0.3 is 0 Å². The van der Waals surface area contributed by atoms with Crippen molar-refractivity contribution in [3.05, 3.63) is 70.8 Å². The Morgan fingerprint density at radius 3 is 2.36 bits per heavy atom. The van der Waals surface area contributed by atoms with Crippen LogP contribution >= 0.6 is 0 Å². The first kappa shape index (κ1) is 18.0. The molecular weight excluding hydrogens is 322 g/mol. The summed E-state index contributed by atoms with van der Waals surface area (Å²) in [6.45, 7) is 3.66. The largest absolute Gasteiger partial charge is 0.393 e. The molecule has 0 bridgehead atoms. The molecule has 0 aliphatic carbocycles. The highest BCUT2D eigenvalue weighted by Gasteiger charge is 2.16. The first-order chi connectivity index (χ1) is 12.1. The Hall–Kier alpha value is -1.82. The van der Waals surface area contributed by atoms with Crippen molar-refractivity contribution in [2.24, 2.45) is 0 Å². The molecule has 0 saturated carbocycles. The van der Waals surface area contributed by atoms with Gasteiger partial charge in [-0.05, 0) is 42.2 Å². The van der Waals surface area contributed by atoms with Gasteiger partial charge in [0, 0.05) is 38.3 Å². The van der Waals surface area contributed by atoms with Gasteiger partial charge in [0.05, 0.1) is 6.10 Å². The van der Waals surface area contributed by atoms with Gasteiger partial charge in [-0.3, -0.25) is 4.90 Å². The van der Waals surface area contributed by atoms with Crippen LogP contribution in [0.25, 0.3) is 0 Å². The molecule has 1 aliphatic rings. The van der Waals surface area contributed by atoms with Crippen LogP contribution in [0, 0.1) is 11.6 Å². The summed E-state index contributed by atoms with van der Waals surface area (Å²) < 4.78 is 26.7. The number of benzene rings is 2. The summed E-state index contributed by atoms with van der Waals surface area (Å²) in [6, 6.07) is 11.8. The molecule has 0 radical (unpaired) electrons. The van der Waals surface area contributed by atoms with E-state index in [2.05, 4.69) is 34.5 Å². The third-order valence-corrected chi connectivity index (χ3v) is 4.64. The van der Waals surface area contributed by atoms with Gasteiger partial charge in [0.2, 0.25) is 0 Å². The molecule has 1 saturated heterocycles. The molecule has 0 atom stereocenters. The Morgan fingerprint density at radius 2 is 1.64 bits per heavy atom. The lowest BCUT2D eigenvalue weighted by molar-refractivity contribution is 0.0792. The predicted molar refractivity (Wildman–Crippen MR) is 93.9 cm³/mol. The molecule has 0 unspecified atom stereocenters. The number of likely N-dealkylation sites (tertiary alicyclic amines) is 1. The van der Waals surface area contributed by atoms with Gasteiger partial charge in [-0.25, -0.2) is 8.78 Å².